The Balaban J connectivity index is 2.85. The Morgan fingerprint density at radius 3 is 2.88 bits per heavy atom. The zero-order valence-corrected chi connectivity index (χ0v) is 10.2. The minimum Gasteiger partial charge on any atom is -0.492 e. The minimum absolute atomic E-state index is 0.401. The van der Waals surface area contributed by atoms with E-state index in [1.165, 1.54) is 7.11 Å². The van der Waals surface area contributed by atoms with Crippen molar-refractivity contribution in [2.45, 2.75) is 0 Å². The summed E-state index contributed by atoms with van der Waals surface area (Å²) < 4.78 is 10.1. The average Bonchev–Trinajstić information content (AvgIpc) is 2.29. The van der Waals surface area contributed by atoms with Crippen molar-refractivity contribution in [3.63, 3.8) is 0 Å². The van der Waals surface area contributed by atoms with E-state index in [1.807, 2.05) is 6.26 Å². The average molecular weight is 241 g/mol. The summed E-state index contributed by atoms with van der Waals surface area (Å²) in [6.45, 7) is 0.536. The van der Waals surface area contributed by atoms with Gasteiger partial charge in [-0.1, -0.05) is 0 Å². The molecule has 1 rings (SSSR count). The number of benzene rings is 1. The van der Waals surface area contributed by atoms with Gasteiger partial charge in [0, 0.05) is 17.5 Å². The topological polar surface area (TPSA) is 61.5 Å². The highest BCUT2D eigenvalue weighted by molar-refractivity contribution is 7.98. The predicted octanol–water partition coefficient (Wildman–Crippen LogP) is 1.80. The number of nitrogens with two attached hydrogens (primary N) is 1. The molecule has 0 heterocycles. The van der Waals surface area contributed by atoms with E-state index >= 15 is 0 Å². The van der Waals surface area contributed by atoms with Gasteiger partial charge in [0.25, 0.3) is 0 Å². The van der Waals surface area contributed by atoms with Gasteiger partial charge in [-0.25, -0.2) is 4.79 Å². The normalized spacial score (nSPS) is 9.88. The monoisotopic (exact) mass is 241 g/mol. The van der Waals surface area contributed by atoms with Gasteiger partial charge < -0.3 is 15.2 Å². The highest BCUT2D eigenvalue weighted by atomic mass is 32.2. The molecule has 4 nitrogen and oxygen atoms in total. The van der Waals surface area contributed by atoms with Gasteiger partial charge in [-0.05, 0) is 18.4 Å². The summed E-state index contributed by atoms with van der Waals surface area (Å²) in [5.74, 6) is 0.912. The fourth-order valence-corrected chi connectivity index (χ4v) is 1.42. The molecule has 0 aliphatic carbocycles. The maximum Gasteiger partial charge on any atom is 0.341 e. The van der Waals surface area contributed by atoms with E-state index in [4.69, 9.17) is 10.5 Å². The van der Waals surface area contributed by atoms with E-state index in [1.54, 1.807) is 30.0 Å². The Bertz CT molecular complexity index is 368. The van der Waals surface area contributed by atoms with Crippen LogP contribution in [-0.4, -0.2) is 31.7 Å². The summed E-state index contributed by atoms with van der Waals surface area (Å²) in [6, 6.07) is 4.88. The Hall–Kier alpha value is -1.36. The van der Waals surface area contributed by atoms with Crippen LogP contribution < -0.4 is 10.5 Å². The minimum atomic E-state index is -0.417. The molecule has 0 aromatic heterocycles. The van der Waals surface area contributed by atoms with Gasteiger partial charge in [0.1, 0.15) is 11.3 Å². The number of rotatable bonds is 5. The summed E-state index contributed by atoms with van der Waals surface area (Å²) in [5.41, 5.74) is 6.60. The molecule has 0 bridgehead atoms. The molecule has 88 valence electrons. The lowest BCUT2D eigenvalue weighted by Crippen LogP contribution is -2.08. The Morgan fingerprint density at radius 2 is 2.25 bits per heavy atom. The molecule has 0 aliphatic rings. The lowest BCUT2D eigenvalue weighted by Gasteiger charge is -2.10. The van der Waals surface area contributed by atoms with Crippen LogP contribution in [0, 0.1) is 0 Å². The zero-order valence-electron chi connectivity index (χ0n) is 9.36. The SMILES string of the molecule is COC(=O)c1ccc(N)cc1OCCSC. The van der Waals surface area contributed by atoms with Crippen molar-refractivity contribution < 1.29 is 14.3 Å². The van der Waals surface area contributed by atoms with Crippen molar-refractivity contribution in [2.24, 2.45) is 0 Å². The first kappa shape index (κ1) is 12.7. The number of anilines is 1. The molecule has 2 N–H and O–H groups in total. The Kier molecular flexibility index (Phi) is 4.98. The molecule has 0 atom stereocenters. The largest absolute Gasteiger partial charge is 0.492 e. The molecule has 0 saturated heterocycles. The van der Waals surface area contributed by atoms with Gasteiger partial charge in [0.15, 0.2) is 0 Å². The molecule has 0 saturated carbocycles. The molecule has 1 aromatic carbocycles. The molecular formula is C11H15NO3S. The van der Waals surface area contributed by atoms with Crippen molar-refractivity contribution >= 4 is 23.4 Å². The number of carbonyl (C=O) groups excluding carboxylic acids is 1. The third-order valence-electron chi connectivity index (χ3n) is 1.96. The van der Waals surface area contributed by atoms with Crippen molar-refractivity contribution in [2.75, 3.05) is 31.5 Å². The summed E-state index contributed by atoms with van der Waals surface area (Å²) in [7, 11) is 1.34. The molecule has 0 aliphatic heterocycles. The number of methoxy groups -OCH3 is 1. The number of esters is 1. The second-order valence-corrected chi connectivity index (χ2v) is 4.07. The molecule has 1 aromatic rings. The number of hydrogen-bond acceptors (Lipinski definition) is 5. The quantitative estimate of drug-likeness (QED) is 0.484. The van der Waals surface area contributed by atoms with Crippen molar-refractivity contribution in [1.82, 2.24) is 0 Å². The van der Waals surface area contributed by atoms with E-state index in [0.717, 1.165) is 5.75 Å². The maximum atomic E-state index is 11.4. The first-order valence-electron chi connectivity index (χ1n) is 4.78. The van der Waals surface area contributed by atoms with Crippen molar-refractivity contribution in [1.29, 1.82) is 0 Å². The predicted molar refractivity (Wildman–Crippen MR) is 66.1 cm³/mol. The lowest BCUT2D eigenvalue weighted by molar-refractivity contribution is 0.0596. The third-order valence-corrected chi connectivity index (χ3v) is 2.53. The van der Waals surface area contributed by atoms with Crippen LogP contribution in [0.25, 0.3) is 0 Å². The number of ether oxygens (including phenoxy) is 2. The third kappa shape index (κ3) is 3.34. The van der Waals surface area contributed by atoms with Gasteiger partial charge in [0.05, 0.1) is 13.7 Å². The molecule has 0 fully saturated rings. The Labute approximate surface area is 99.1 Å². The van der Waals surface area contributed by atoms with E-state index in [2.05, 4.69) is 4.74 Å². The van der Waals surface area contributed by atoms with E-state index < -0.39 is 5.97 Å². The van der Waals surface area contributed by atoms with Crippen LogP contribution in [-0.2, 0) is 4.74 Å². The van der Waals surface area contributed by atoms with Gasteiger partial charge in [-0.2, -0.15) is 11.8 Å². The van der Waals surface area contributed by atoms with Crippen molar-refractivity contribution in [3.8, 4) is 5.75 Å². The standard InChI is InChI=1S/C11H15NO3S/c1-14-11(13)9-4-3-8(12)7-10(9)15-5-6-16-2/h3-4,7H,5-6,12H2,1-2H3. The highest BCUT2D eigenvalue weighted by Crippen LogP contribution is 2.22. The van der Waals surface area contributed by atoms with Gasteiger partial charge in [-0.3, -0.25) is 0 Å². The second kappa shape index (κ2) is 6.27. The summed E-state index contributed by atoms with van der Waals surface area (Å²) in [4.78, 5) is 11.4. The number of thioether (sulfide) groups is 1. The van der Waals surface area contributed by atoms with Gasteiger partial charge >= 0.3 is 5.97 Å². The smallest absolute Gasteiger partial charge is 0.341 e. The van der Waals surface area contributed by atoms with Crippen LogP contribution in [0.5, 0.6) is 5.75 Å². The van der Waals surface area contributed by atoms with E-state index in [-0.39, 0.29) is 0 Å². The molecule has 0 unspecified atom stereocenters. The molecule has 0 spiro atoms. The van der Waals surface area contributed by atoms with E-state index in [0.29, 0.717) is 23.6 Å². The first-order chi connectivity index (χ1) is 7.69. The Morgan fingerprint density at radius 1 is 1.50 bits per heavy atom. The fraction of sp³-hybridized carbons (Fsp3) is 0.364. The van der Waals surface area contributed by atoms with Crippen LogP contribution in [0.15, 0.2) is 18.2 Å². The number of carbonyl (C=O) groups is 1. The first-order valence-corrected chi connectivity index (χ1v) is 6.18. The molecule has 5 heteroatoms. The molecule has 0 amide bonds. The second-order valence-electron chi connectivity index (χ2n) is 3.09. The van der Waals surface area contributed by atoms with Crippen LogP contribution >= 0.6 is 11.8 Å². The maximum absolute atomic E-state index is 11.4. The van der Waals surface area contributed by atoms with Crippen LogP contribution in [0.4, 0.5) is 5.69 Å². The van der Waals surface area contributed by atoms with Crippen LogP contribution in [0.3, 0.4) is 0 Å². The van der Waals surface area contributed by atoms with E-state index in [9.17, 15) is 4.79 Å². The summed E-state index contributed by atoms with van der Waals surface area (Å²) >= 11 is 1.67. The van der Waals surface area contributed by atoms with Gasteiger partial charge in [-0.15, -0.1) is 0 Å². The summed E-state index contributed by atoms with van der Waals surface area (Å²) in [5, 5.41) is 0. The molecule has 16 heavy (non-hydrogen) atoms. The fourth-order valence-electron chi connectivity index (χ4n) is 1.17. The number of hydrogen-bond donors (Lipinski definition) is 1. The van der Waals surface area contributed by atoms with Gasteiger partial charge in [0.2, 0.25) is 0 Å². The molecular weight excluding hydrogens is 226 g/mol. The van der Waals surface area contributed by atoms with Crippen LogP contribution in [0.1, 0.15) is 10.4 Å². The lowest BCUT2D eigenvalue weighted by atomic mass is 10.2. The van der Waals surface area contributed by atoms with Crippen molar-refractivity contribution in [3.05, 3.63) is 23.8 Å². The summed E-state index contributed by atoms with van der Waals surface area (Å²) in [6.07, 6.45) is 1.99. The zero-order chi connectivity index (χ0) is 12.0. The highest BCUT2D eigenvalue weighted by Gasteiger charge is 2.12. The van der Waals surface area contributed by atoms with Crippen LogP contribution in [0.2, 0.25) is 0 Å². The molecule has 0 radical (unpaired) electrons. The number of nitrogen functional groups attached to an aromatic ring is 1.